The van der Waals surface area contributed by atoms with Crippen molar-refractivity contribution in [1.82, 2.24) is 9.80 Å². The van der Waals surface area contributed by atoms with Crippen LogP contribution in [0.1, 0.15) is 18.4 Å². The van der Waals surface area contributed by atoms with Crippen LogP contribution in [-0.4, -0.2) is 42.9 Å². The first-order chi connectivity index (χ1) is 9.49. The van der Waals surface area contributed by atoms with Gasteiger partial charge in [-0.25, -0.2) is 4.39 Å². The normalized spacial score (nSPS) is 17.2. The SMILES string of the molecule is CN(C)C(=O)C1CCN(Cc2c(F)cccc2Cl)CC1. The monoisotopic (exact) mass is 298 g/mol. The predicted octanol–water partition coefficient (Wildman–Crippen LogP) is 2.78. The minimum atomic E-state index is -0.260. The minimum absolute atomic E-state index is 0.0948. The second-order valence-electron chi connectivity index (χ2n) is 5.48. The van der Waals surface area contributed by atoms with E-state index in [2.05, 4.69) is 4.90 Å². The van der Waals surface area contributed by atoms with E-state index in [4.69, 9.17) is 11.6 Å². The van der Waals surface area contributed by atoms with Gasteiger partial charge in [0.1, 0.15) is 5.82 Å². The van der Waals surface area contributed by atoms with E-state index in [0.29, 0.717) is 17.1 Å². The molecule has 110 valence electrons. The van der Waals surface area contributed by atoms with Gasteiger partial charge in [-0.1, -0.05) is 17.7 Å². The maximum Gasteiger partial charge on any atom is 0.225 e. The second-order valence-corrected chi connectivity index (χ2v) is 5.89. The highest BCUT2D eigenvalue weighted by atomic mass is 35.5. The molecule has 5 heteroatoms. The zero-order chi connectivity index (χ0) is 14.7. The highest BCUT2D eigenvalue weighted by molar-refractivity contribution is 6.31. The van der Waals surface area contributed by atoms with Crippen LogP contribution >= 0.6 is 11.6 Å². The molecule has 0 unspecified atom stereocenters. The molecule has 1 aliphatic heterocycles. The average Bonchev–Trinajstić information content (AvgIpc) is 2.43. The quantitative estimate of drug-likeness (QED) is 0.857. The summed E-state index contributed by atoms with van der Waals surface area (Å²) >= 11 is 6.04. The van der Waals surface area contributed by atoms with Crippen molar-refractivity contribution in [2.75, 3.05) is 27.2 Å². The van der Waals surface area contributed by atoms with Crippen LogP contribution in [0.4, 0.5) is 4.39 Å². The third kappa shape index (κ3) is 3.49. The van der Waals surface area contributed by atoms with E-state index >= 15 is 0 Å². The van der Waals surface area contributed by atoms with E-state index in [1.54, 1.807) is 31.1 Å². The van der Waals surface area contributed by atoms with Gasteiger partial charge < -0.3 is 4.90 Å². The van der Waals surface area contributed by atoms with Gasteiger partial charge in [0.25, 0.3) is 0 Å². The Hall–Kier alpha value is -1.13. The van der Waals surface area contributed by atoms with E-state index in [-0.39, 0.29) is 17.6 Å². The molecule has 2 rings (SSSR count). The van der Waals surface area contributed by atoms with Gasteiger partial charge in [0.05, 0.1) is 0 Å². The van der Waals surface area contributed by atoms with Crippen molar-refractivity contribution >= 4 is 17.5 Å². The van der Waals surface area contributed by atoms with Crippen molar-refractivity contribution in [2.24, 2.45) is 5.92 Å². The Labute approximate surface area is 124 Å². The number of piperidine rings is 1. The maximum atomic E-state index is 13.7. The molecule has 0 atom stereocenters. The molecule has 0 spiro atoms. The molecule has 1 saturated heterocycles. The molecule has 0 saturated carbocycles. The van der Waals surface area contributed by atoms with Crippen LogP contribution in [-0.2, 0) is 11.3 Å². The van der Waals surface area contributed by atoms with Gasteiger partial charge in [-0.2, -0.15) is 0 Å². The number of rotatable bonds is 3. The molecule has 1 aliphatic rings. The number of nitrogens with zero attached hydrogens (tertiary/aromatic N) is 2. The van der Waals surface area contributed by atoms with E-state index < -0.39 is 0 Å². The van der Waals surface area contributed by atoms with Crippen LogP contribution in [0, 0.1) is 11.7 Å². The van der Waals surface area contributed by atoms with Gasteiger partial charge in [0.15, 0.2) is 0 Å². The van der Waals surface area contributed by atoms with E-state index in [1.165, 1.54) is 6.07 Å². The Morgan fingerprint density at radius 2 is 2.05 bits per heavy atom. The van der Waals surface area contributed by atoms with Crippen LogP contribution in [0.3, 0.4) is 0 Å². The second kappa shape index (κ2) is 6.55. The summed E-state index contributed by atoms with van der Waals surface area (Å²) in [6.45, 7) is 2.11. The van der Waals surface area contributed by atoms with Crippen LogP contribution in [0.5, 0.6) is 0 Å². The lowest BCUT2D eigenvalue weighted by molar-refractivity contribution is -0.134. The zero-order valence-corrected chi connectivity index (χ0v) is 12.7. The van der Waals surface area contributed by atoms with E-state index in [1.807, 2.05) is 0 Å². The van der Waals surface area contributed by atoms with Crippen LogP contribution in [0.2, 0.25) is 5.02 Å². The number of likely N-dealkylation sites (tertiary alicyclic amines) is 1. The van der Waals surface area contributed by atoms with Gasteiger partial charge >= 0.3 is 0 Å². The van der Waals surface area contributed by atoms with Crippen LogP contribution in [0.15, 0.2) is 18.2 Å². The van der Waals surface area contributed by atoms with E-state index in [0.717, 1.165) is 25.9 Å². The molecule has 0 radical (unpaired) electrons. The Morgan fingerprint density at radius 3 is 2.60 bits per heavy atom. The molecule has 0 aliphatic carbocycles. The molecule has 1 amide bonds. The first kappa shape index (κ1) is 15.3. The topological polar surface area (TPSA) is 23.6 Å². The third-order valence-electron chi connectivity index (χ3n) is 3.82. The summed E-state index contributed by atoms with van der Waals surface area (Å²) in [5, 5.41) is 0.469. The average molecular weight is 299 g/mol. The van der Waals surface area contributed by atoms with Gasteiger partial charge in [0.2, 0.25) is 5.91 Å². The first-order valence-electron chi connectivity index (χ1n) is 6.85. The van der Waals surface area contributed by atoms with Gasteiger partial charge in [-0.3, -0.25) is 9.69 Å². The lowest BCUT2D eigenvalue weighted by Gasteiger charge is -2.32. The maximum absolute atomic E-state index is 13.7. The summed E-state index contributed by atoms with van der Waals surface area (Å²) in [6, 6.07) is 4.76. The predicted molar refractivity (Wildman–Crippen MR) is 78.1 cm³/mol. The summed E-state index contributed by atoms with van der Waals surface area (Å²) in [5.41, 5.74) is 0.548. The molecular formula is C15H20ClFN2O. The van der Waals surface area contributed by atoms with Crippen molar-refractivity contribution in [3.63, 3.8) is 0 Å². The molecule has 3 nitrogen and oxygen atoms in total. The van der Waals surface area contributed by atoms with Gasteiger partial charge in [0, 0.05) is 37.1 Å². The van der Waals surface area contributed by atoms with Gasteiger partial charge in [-0.05, 0) is 38.1 Å². The number of carbonyl (C=O) groups is 1. The number of amides is 1. The van der Waals surface area contributed by atoms with Crippen LogP contribution in [0.25, 0.3) is 0 Å². The molecule has 0 aromatic heterocycles. The molecule has 1 fully saturated rings. The fourth-order valence-electron chi connectivity index (χ4n) is 2.61. The summed E-state index contributed by atoms with van der Waals surface area (Å²) in [5.74, 6) is 0.0231. The molecular weight excluding hydrogens is 279 g/mol. The Balaban J connectivity index is 1.93. The molecule has 20 heavy (non-hydrogen) atoms. The van der Waals surface area contributed by atoms with Gasteiger partial charge in [-0.15, -0.1) is 0 Å². The Kier molecular flexibility index (Phi) is 5.00. The van der Waals surface area contributed by atoms with Crippen LogP contribution < -0.4 is 0 Å². The molecule has 0 N–H and O–H groups in total. The fraction of sp³-hybridized carbons (Fsp3) is 0.533. The summed E-state index contributed by atoms with van der Waals surface area (Å²) in [7, 11) is 3.57. The Morgan fingerprint density at radius 1 is 1.40 bits per heavy atom. The Bertz CT molecular complexity index is 465. The van der Waals surface area contributed by atoms with Crippen molar-refractivity contribution in [2.45, 2.75) is 19.4 Å². The third-order valence-corrected chi connectivity index (χ3v) is 4.18. The molecule has 1 heterocycles. The first-order valence-corrected chi connectivity index (χ1v) is 7.23. The van der Waals surface area contributed by atoms with Crippen molar-refractivity contribution in [3.05, 3.63) is 34.6 Å². The minimum Gasteiger partial charge on any atom is -0.349 e. The standard InChI is InChI=1S/C15H20ClFN2O/c1-18(2)15(20)11-6-8-19(9-7-11)10-12-13(16)4-3-5-14(12)17/h3-5,11H,6-10H2,1-2H3. The van der Waals surface area contributed by atoms with Crippen molar-refractivity contribution in [3.8, 4) is 0 Å². The number of hydrogen-bond acceptors (Lipinski definition) is 2. The fourth-order valence-corrected chi connectivity index (χ4v) is 2.83. The molecule has 0 bridgehead atoms. The van der Waals surface area contributed by atoms with Crippen molar-refractivity contribution in [1.29, 1.82) is 0 Å². The smallest absolute Gasteiger partial charge is 0.225 e. The number of hydrogen-bond donors (Lipinski definition) is 0. The largest absolute Gasteiger partial charge is 0.349 e. The number of benzene rings is 1. The lowest BCUT2D eigenvalue weighted by atomic mass is 9.95. The number of carbonyl (C=O) groups excluding carboxylic acids is 1. The number of halogens is 2. The summed E-state index contributed by atoms with van der Waals surface area (Å²) < 4.78 is 13.7. The molecule has 1 aromatic carbocycles. The highest BCUT2D eigenvalue weighted by Crippen LogP contribution is 2.24. The molecule has 1 aromatic rings. The highest BCUT2D eigenvalue weighted by Gasteiger charge is 2.26. The van der Waals surface area contributed by atoms with E-state index in [9.17, 15) is 9.18 Å². The zero-order valence-electron chi connectivity index (χ0n) is 11.9. The van der Waals surface area contributed by atoms with Crippen molar-refractivity contribution < 1.29 is 9.18 Å². The summed E-state index contributed by atoms with van der Waals surface area (Å²) in [4.78, 5) is 15.7. The lowest BCUT2D eigenvalue weighted by Crippen LogP contribution is -2.39. The summed E-state index contributed by atoms with van der Waals surface area (Å²) in [6.07, 6.45) is 1.65.